The molecule has 0 bridgehead atoms. The lowest BCUT2D eigenvalue weighted by Crippen LogP contribution is -2.42. The van der Waals surface area contributed by atoms with Gasteiger partial charge in [0.1, 0.15) is 6.10 Å². The minimum atomic E-state index is -1.07. The van der Waals surface area contributed by atoms with Gasteiger partial charge in [-0.15, -0.1) is 0 Å². The molecule has 2 unspecified atom stereocenters. The molecule has 2 N–H and O–H groups in total. The van der Waals surface area contributed by atoms with Gasteiger partial charge >= 0.3 is 5.97 Å². The van der Waals surface area contributed by atoms with Gasteiger partial charge in [0.2, 0.25) is 5.91 Å². The molecule has 2 rings (SSSR count). The van der Waals surface area contributed by atoms with E-state index in [4.69, 9.17) is 4.74 Å². The van der Waals surface area contributed by atoms with Gasteiger partial charge in [0.15, 0.2) is 6.04 Å². The van der Waals surface area contributed by atoms with E-state index in [2.05, 4.69) is 5.32 Å². The minimum absolute atomic E-state index is 0.351. The number of rotatable bonds is 4. The van der Waals surface area contributed by atoms with Crippen LogP contribution in [0.15, 0.2) is 30.3 Å². The zero-order chi connectivity index (χ0) is 13.7. The van der Waals surface area contributed by atoms with Crippen LogP contribution in [0.25, 0.3) is 0 Å². The molecular formula is C14H17NO4. The maximum Gasteiger partial charge on any atom is 0.330 e. The first-order valence-electron chi connectivity index (χ1n) is 6.38. The summed E-state index contributed by atoms with van der Waals surface area (Å²) in [6.45, 7) is 0.557. The Kier molecular flexibility index (Phi) is 4.52. The molecule has 1 aliphatic heterocycles. The molecule has 5 nitrogen and oxygen atoms in total. The van der Waals surface area contributed by atoms with Gasteiger partial charge in [-0.3, -0.25) is 4.79 Å². The van der Waals surface area contributed by atoms with E-state index in [1.807, 2.05) is 0 Å². The smallest absolute Gasteiger partial charge is 0.330 e. The number of ether oxygens (including phenoxy) is 1. The molecule has 1 heterocycles. The van der Waals surface area contributed by atoms with Crippen molar-refractivity contribution in [1.29, 1.82) is 0 Å². The topological polar surface area (TPSA) is 75.6 Å². The van der Waals surface area contributed by atoms with E-state index in [9.17, 15) is 14.7 Å². The van der Waals surface area contributed by atoms with E-state index in [1.54, 1.807) is 30.3 Å². The summed E-state index contributed by atoms with van der Waals surface area (Å²) in [7, 11) is 0. The molecule has 0 aromatic heterocycles. The number of carbonyl (C=O) groups excluding carboxylic acids is 1. The monoisotopic (exact) mass is 263 g/mol. The third-order valence-corrected chi connectivity index (χ3v) is 3.14. The Morgan fingerprint density at radius 3 is 2.58 bits per heavy atom. The highest BCUT2D eigenvalue weighted by Gasteiger charge is 2.27. The van der Waals surface area contributed by atoms with Crippen LogP contribution in [0.5, 0.6) is 0 Å². The molecule has 0 radical (unpaired) electrons. The molecule has 1 aromatic rings. The zero-order valence-electron chi connectivity index (χ0n) is 10.5. The van der Waals surface area contributed by atoms with Crippen LogP contribution in [-0.4, -0.2) is 29.7 Å². The molecule has 1 aliphatic rings. The summed E-state index contributed by atoms with van der Waals surface area (Å²) >= 11 is 0. The number of hydrogen-bond donors (Lipinski definition) is 2. The van der Waals surface area contributed by atoms with Gasteiger partial charge in [-0.2, -0.15) is 0 Å². The minimum Gasteiger partial charge on any atom is -0.479 e. The average Bonchev–Trinajstić information content (AvgIpc) is 2.46. The van der Waals surface area contributed by atoms with Crippen molar-refractivity contribution in [2.45, 2.75) is 31.4 Å². The summed E-state index contributed by atoms with van der Waals surface area (Å²) in [4.78, 5) is 23.2. The van der Waals surface area contributed by atoms with Gasteiger partial charge < -0.3 is 15.2 Å². The Hall–Kier alpha value is -1.88. The fourth-order valence-corrected chi connectivity index (χ4v) is 2.12. The summed E-state index contributed by atoms with van der Waals surface area (Å²) in [5, 5.41) is 11.8. The molecule has 1 aromatic carbocycles. The lowest BCUT2D eigenvalue weighted by molar-refractivity contribution is -0.145. The summed E-state index contributed by atoms with van der Waals surface area (Å²) in [6.07, 6.45) is 2.00. The molecule has 0 spiro atoms. The van der Waals surface area contributed by atoms with Crippen molar-refractivity contribution in [3.63, 3.8) is 0 Å². The summed E-state index contributed by atoms with van der Waals surface area (Å²) < 4.78 is 5.35. The van der Waals surface area contributed by atoms with Gasteiger partial charge in [-0.1, -0.05) is 30.3 Å². The number of nitrogens with one attached hydrogen (secondary N) is 1. The standard InChI is InChI=1S/C14H17NO4/c16-13(11-8-4-5-9-19-11)15-12(14(17)18)10-6-2-1-3-7-10/h1-3,6-7,11-12H,4-5,8-9H2,(H,15,16)(H,17,18). The molecular weight excluding hydrogens is 246 g/mol. The first-order valence-corrected chi connectivity index (χ1v) is 6.38. The third-order valence-electron chi connectivity index (χ3n) is 3.14. The number of carboxylic acid groups (broad SMARTS) is 1. The fraction of sp³-hybridized carbons (Fsp3) is 0.429. The number of benzene rings is 1. The van der Waals surface area contributed by atoms with Gasteiger partial charge in [0, 0.05) is 6.61 Å². The lowest BCUT2D eigenvalue weighted by atomic mass is 10.1. The van der Waals surface area contributed by atoms with Gasteiger partial charge in [0.25, 0.3) is 0 Å². The Morgan fingerprint density at radius 2 is 2.00 bits per heavy atom. The van der Waals surface area contributed by atoms with Crippen LogP contribution in [0.4, 0.5) is 0 Å². The van der Waals surface area contributed by atoms with Crippen molar-refractivity contribution in [3.05, 3.63) is 35.9 Å². The second-order valence-corrected chi connectivity index (χ2v) is 4.55. The van der Waals surface area contributed by atoms with Crippen LogP contribution in [0.3, 0.4) is 0 Å². The number of carbonyl (C=O) groups is 2. The van der Waals surface area contributed by atoms with Gasteiger partial charge in [-0.25, -0.2) is 4.79 Å². The zero-order valence-corrected chi connectivity index (χ0v) is 10.5. The van der Waals surface area contributed by atoms with E-state index in [0.717, 1.165) is 12.8 Å². The van der Waals surface area contributed by atoms with Crippen molar-refractivity contribution >= 4 is 11.9 Å². The van der Waals surface area contributed by atoms with Crippen LogP contribution >= 0.6 is 0 Å². The SMILES string of the molecule is O=C(NC(C(=O)O)c1ccccc1)C1CCCCO1. The number of carboxylic acids is 1. The van der Waals surface area contributed by atoms with Crippen molar-refractivity contribution in [3.8, 4) is 0 Å². The molecule has 0 saturated carbocycles. The lowest BCUT2D eigenvalue weighted by Gasteiger charge is -2.23. The van der Waals surface area contributed by atoms with E-state index in [0.29, 0.717) is 18.6 Å². The van der Waals surface area contributed by atoms with Crippen LogP contribution in [0.1, 0.15) is 30.9 Å². The predicted molar refractivity (Wildman–Crippen MR) is 68.6 cm³/mol. The van der Waals surface area contributed by atoms with E-state index in [1.165, 1.54) is 0 Å². The maximum absolute atomic E-state index is 12.0. The number of aliphatic carboxylic acids is 1. The summed E-state index contributed by atoms with van der Waals surface area (Å²) in [5.74, 6) is -1.42. The highest BCUT2D eigenvalue weighted by molar-refractivity contribution is 5.87. The second kappa shape index (κ2) is 6.33. The Balaban J connectivity index is 2.04. The van der Waals surface area contributed by atoms with Gasteiger partial charge in [0.05, 0.1) is 0 Å². The van der Waals surface area contributed by atoms with Crippen molar-refractivity contribution in [2.75, 3.05) is 6.61 Å². The molecule has 5 heteroatoms. The normalized spacial score (nSPS) is 20.5. The summed E-state index contributed by atoms with van der Waals surface area (Å²) in [5.41, 5.74) is 0.555. The predicted octanol–water partition coefficient (Wildman–Crippen LogP) is 1.50. The largest absolute Gasteiger partial charge is 0.479 e. The van der Waals surface area contributed by atoms with E-state index < -0.39 is 18.1 Å². The first-order chi connectivity index (χ1) is 9.18. The molecule has 2 atom stereocenters. The van der Waals surface area contributed by atoms with Crippen LogP contribution < -0.4 is 5.32 Å². The molecule has 19 heavy (non-hydrogen) atoms. The molecule has 1 amide bonds. The Labute approximate surface area is 111 Å². The van der Waals surface area contributed by atoms with Crippen molar-refractivity contribution in [1.82, 2.24) is 5.32 Å². The Bertz CT molecular complexity index is 440. The maximum atomic E-state index is 12.0. The number of amides is 1. The van der Waals surface area contributed by atoms with E-state index >= 15 is 0 Å². The quantitative estimate of drug-likeness (QED) is 0.863. The molecule has 0 aliphatic carbocycles. The second-order valence-electron chi connectivity index (χ2n) is 4.55. The van der Waals surface area contributed by atoms with Crippen LogP contribution in [0, 0.1) is 0 Å². The summed E-state index contributed by atoms with van der Waals surface area (Å²) in [6, 6.07) is 7.62. The highest BCUT2D eigenvalue weighted by atomic mass is 16.5. The average molecular weight is 263 g/mol. The molecule has 102 valence electrons. The Morgan fingerprint density at radius 1 is 1.26 bits per heavy atom. The van der Waals surface area contributed by atoms with Crippen molar-refractivity contribution in [2.24, 2.45) is 0 Å². The molecule has 1 saturated heterocycles. The van der Waals surface area contributed by atoms with Crippen molar-refractivity contribution < 1.29 is 19.4 Å². The highest BCUT2D eigenvalue weighted by Crippen LogP contribution is 2.16. The van der Waals surface area contributed by atoms with Crippen LogP contribution in [-0.2, 0) is 14.3 Å². The first kappa shape index (κ1) is 13.5. The number of hydrogen-bond acceptors (Lipinski definition) is 3. The van der Waals surface area contributed by atoms with Crippen LogP contribution in [0.2, 0.25) is 0 Å². The van der Waals surface area contributed by atoms with Gasteiger partial charge in [-0.05, 0) is 24.8 Å². The van der Waals surface area contributed by atoms with E-state index in [-0.39, 0.29) is 5.91 Å². The fourth-order valence-electron chi connectivity index (χ4n) is 2.12. The molecule has 1 fully saturated rings. The third kappa shape index (κ3) is 3.54.